The number of hydrogen-bond donors (Lipinski definition) is 3. The molecule has 7 heteroatoms. The maximum atomic E-state index is 11.6. The number of nitrogens with one attached hydrogen (secondary N) is 1. The Hall–Kier alpha value is -3.09. The van der Waals surface area contributed by atoms with Crippen molar-refractivity contribution < 1.29 is 19.4 Å². The SMILES string of the molecule is O=C(O)c1c(NCC2CCCCC2)oc(C=C2C=Nc3ncccc32)c1O. The van der Waals surface area contributed by atoms with Crippen LogP contribution in [-0.4, -0.2) is 33.9 Å². The summed E-state index contributed by atoms with van der Waals surface area (Å²) in [4.78, 5) is 20.0. The fourth-order valence-corrected chi connectivity index (χ4v) is 3.67. The Morgan fingerprint density at radius 3 is 2.93 bits per heavy atom. The van der Waals surface area contributed by atoms with Crippen molar-refractivity contribution in [2.24, 2.45) is 10.9 Å². The van der Waals surface area contributed by atoms with Crippen molar-refractivity contribution in [1.82, 2.24) is 4.98 Å². The lowest BCUT2D eigenvalue weighted by atomic mass is 9.89. The Morgan fingerprint density at radius 1 is 1.33 bits per heavy atom. The molecule has 0 radical (unpaired) electrons. The summed E-state index contributed by atoms with van der Waals surface area (Å²) >= 11 is 0. The van der Waals surface area contributed by atoms with Crippen LogP contribution in [0.2, 0.25) is 0 Å². The first-order chi connectivity index (χ1) is 13.1. The second-order valence-electron chi connectivity index (χ2n) is 6.94. The van der Waals surface area contributed by atoms with E-state index in [4.69, 9.17) is 4.42 Å². The number of fused-ring (bicyclic) bond motifs is 1. The van der Waals surface area contributed by atoms with Gasteiger partial charge in [0.25, 0.3) is 0 Å². The number of aliphatic imine (C=N–C) groups is 1. The average molecular weight is 367 g/mol. The molecule has 4 rings (SSSR count). The maximum Gasteiger partial charge on any atom is 0.345 e. The molecule has 0 atom stereocenters. The number of carboxylic acid groups (broad SMARTS) is 1. The number of hydrogen-bond acceptors (Lipinski definition) is 6. The number of pyridine rings is 1. The second-order valence-corrected chi connectivity index (χ2v) is 6.94. The number of carbonyl (C=O) groups is 1. The molecule has 140 valence electrons. The number of nitrogens with zero attached hydrogens (tertiary/aromatic N) is 2. The van der Waals surface area contributed by atoms with Gasteiger partial charge in [0.2, 0.25) is 5.88 Å². The van der Waals surface area contributed by atoms with Gasteiger partial charge in [-0.1, -0.05) is 19.3 Å². The Kier molecular flexibility index (Phi) is 4.66. The fraction of sp³-hybridized carbons (Fsp3) is 0.350. The number of allylic oxidation sites excluding steroid dienone is 1. The van der Waals surface area contributed by atoms with E-state index < -0.39 is 5.97 Å². The van der Waals surface area contributed by atoms with Crippen LogP contribution in [0.4, 0.5) is 11.7 Å². The molecule has 3 N–H and O–H groups in total. The lowest BCUT2D eigenvalue weighted by Crippen LogP contribution is -2.17. The summed E-state index contributed by atoms with van der Waals surface area (Å²) in [5.41, 5.74) is 1.28. The van der Waals surface area contributed by atoms with Crippen molar-refractivity contribution in [3.05, 3.63) is 35.2 Å². The number of aromatic hydroxyl groups is 1. The highest BCUT2D eigenvalue weighted by Gasteiger charge is 2.26. The molecule has 0 unspecified atom stereocenters. The highest BCUT2D eigenvalue weighted by atomic mass is 16.4. The minimum atomic E-state index is -1.23. The van der Waals surface area contributed by atoms with Crippen LogP contribution in [0.25, 0.3) is 11.6 Å². The van der Waals surface area contributed by atoms with E-state index in [0.717, 1.165) is 18.4 Å². The van der Waals surface area contributed by atoms with E-state index in [1.807, 2.05) is 6.07 Å². The van der Waals surface area contributed by atoms with Gasteiger partial charge in [-0.05, 0) is 37.0 Å². The van der Waals surface area contributed by atoms with E-state index in [-0.39, 0.29) is 23.0 Å². The van der Waals surface area contributed by atoms with Gasteiger partial charge in [-0.2, -0.15) is 0 Å². The van der Waals surface area contributed by atoms with Crippen LogP contribution >= 0.6 is 0 Å². The highest BCUT2D eigenvalue weighted by Crippen LogP contribution is 2.38. The minimum Gasteiger partial charge on any atom is -0.504 e. The molecule has 1 aliphatic heterocycles. The van der Waals surface area contributed by atoms with Gasteiger partial charge >= 0.3 is 5.97 Å². The van der Waals surface area contributed by atoms with Gasteiger partial charge in [0.15, 0.2) is 22.9 Å². The summed E-state index contributed by atoms with van der Waals surface area (Å²) < 4.78 is 5.67. The molecular formula is C20H21N3O4. The highest BCUT2D eigenvalue weighted by molar-refractivity contribution is 6.21. The van der Waals surface area contributed by atoms with Crippen LogP contribution in [0.3, 0.4) is 0 Å². The number of anilines is 1. The van der Waals surface area contributed by atoms with E-state index in [9.17, 15) is 15.0 Å². The molecule has 1 saturated carbocycles. The molecule has 0 amide bonds. The monoisotopic (exact) mass is 367 g/mol. The van der Waals surface area contributed by atoms with Crippen LogP contribution in [0.5, 0.6) is 5.75 Å². The van der Waals surface area contributed by atoms with E-state index in [1.165, 1.54) is 19.3 Å². The third kappa shape index (κ3) is 3.45. The minimum absolute atomic E-state index is 0.0942. The van der Waals surface area contributed by atoms with Gasteiger partial charge in [0.05, 0.1) is 0 Å². The van der Waals surface area contributed by atoms with Crippen LogP contribution in [-0.2, 0) is 0 Å². The summed E-state index contributed by atoms with van der Waals surface area (Å²) in [7, 11) is 0. The Morgan fingerprint density at radius 2 is 2.15 bits per heavy atom. The first-order valence-corrected chi connectivity index (χ1v) is 9.17. The lowest BCUT2D eigenvalue weighted by Gasteiger charge is -2.21. The van der Waals surface area contributed by atoms with Crippen molar-refractivity contribution in [3.8, 4) is 5.75 Å². The fourth-order valence-electron chi connectivity index (χ4n) is 3.67. The van der Waals surface area contributed by atoms with Gasteiger partial charge in [-0.25, -0.2) is 14.8 Å². The average Bonchev–Trinajstić information content (AvgIpc) is 3.22. The number of carboxylic acids is 1. The van der Waals surface area contributed by atoms with Gasteiger partial charge < -0.3 is 19.9 Å². The third-order valence-electron chi connectivity index (χ3n) is 5.11. The molecule has 1 fully saturated rings. The van der Waals surface area contributed by atoms with Crippen molar-refractivity contribution in [3.63, 3.8) is 0 Å². The van der Waals surface area contributed by atoms with E-state index in [1.54, 1.807) is 24.6 Å². The molecule has 0 spiro atoms. The number of rotatable bonds is 5. The predicted octanol–water partition coefficient (Wildman–Crippen LogP) is 4.33. The summed E-state index contributed by atoms with van der Waals surface area (Å²) in [6.45, 7) is 0.636. The predicted molar refractivity (Wildman–Crippen MR) is 103 cm³/mol. The summed E-state index contributed by atoms with van der Waals surface area (Å²) in [6.07, 6.45) is 10.8. The Bertz CT molecular complexity index is 923. The molecule has 27 heavy (non-hydrogen) atoms. The lowest BCUT2D eigenvalue weighted by molar-refractivity contribution is 0.0694. The van der Waals surface area contributed by atoms with Crippen molar-refractivity contribution >= 4 is 35.5 Å². The number of aromatic carboxylic acids is 1. The van der Waals surface area contributed by atoms with E-state index >= 15 is 0 Å². The largest absolute Gasteiger partial charge is 0.504 e. The van der Waals surface area contributed by atoms with Gasteiger partial charge in [-0.15, -0.1) is 0 Å². The molecule has 7 nitrogen and oxygen atoms in total. The number of furan rings is 1. The quantitative estimate of drug-likeness (QED) is 0.726. The standard InChI is InChI=1S/C20H21N3O4/c24-17-15(9-13-11-22-18-14(13)7-4-8-21-18)27-19(16(17)20(25)26)23-10-12-5-2-1-3-6-12/h4,7-9,11-12,23-24H,1-3,5-6,10H2,(H,25,26). The molecule has 2 aromatic rings. The number of aromatic nitrogens is 1. The molecule has 3 heterocycles. The summed E-state index contributed by atoms with van der Waals surface area (Å²) in [5, 5.41) is 23.0. The smallest absolute Gasteiger partial charge is 0.345 e. The van der Waals surface area contributed by atoms with Crippen LogP contribution in [0.15, 0.2) is 27.7 Å². The first kappa shape index (κ1) is 17.3. The normalized spacial score (nSPS) is 18.0. The second kappa shape index (κ2) is 7.26. The molecule has 0 aromatic carbocycles. The Balaban J connectivity index is 1.61. The van der Waals surface area contributed by atoms with Crippen molar-refractivity contribution in [2.45, 2.75) is 32.1 Å². The van der Waals surface area contributed by atoms with Gasteiger partial charge in [0, 0.05) is 30.1 Å². The van der Waals surface area contributed by atoms with Crippen LogP contribution < -0.4 is 5.32 Å². The molecule has 0 saturated heterocycles. The zero-order valence-corrected chi connectivity index (χ0v) is 14.8. The maximum absolute atomic E-state index is 11.6. The van der Waals surface area contributed by atoms with Gasteiger partial charge in [-0.3, -0.25) is 0 Å². The zero-order valence-electron chi connectivity index (χ0n) is 14.8. The Labute approximate surface area is 156 Å². The molecule has 0 bridgehead atoms. The van der Waals surface area contributed by atoms with Crippen molar-refractivity contribution in [2.75, 3.05) is 11.9 Å². The molecular weight excluding hydrogens is 346 g/mol. The zero-order chi connectivity index (χ0) is 18.8. The van der Waals surface area contributed by atoms with Gasteiger partial charge in [0.1, 0.15) is 0 Å². The summed E-state index contributed by atoms with van der Waals surface area (Å²) in [6, 6.07) is 3.66. The van der Waals surface area contributed by atoms with Crippen LogP contribution in [0.1, 0.15) is 53.8 Å². The van der Waals surface area contributed by atoms with Crippen molar-refractivity contribution in [1.29, 1.82) is 0 Å². The molecule has 1 aliphatic carbocycles. The summed E-state index contributed by atoms with van der Waals surface area (Å²) in [5.74, 6) is -0.338. The van der Waals surface area contributed by atoms with E-state index in [2.05, 4.69) is 15.3 Å². The van der Waals surface area contributed by atoms with E-state index in [0.29, 0.717) is 23.9 Å². The molecule has 2 aliphatic rings. The van der Waals surface area contributed by atoms with Crippen LogP contribution in [0, 0.1) is 5.92 Å². The first-order valence-electron chi connectivity index (χ1n) is 9.17. The molecule has 2 aromatic heterocycles. The third-order valence-corrected chi connectivity index (χ3v) is 5.11. The topological polar surface area (TPSA) is 108 Å².